The first-order valence-corrected chi connectivity index (χ1v) is 5.41. The second kappa shape index (κ2) is 4.82. The standard InChI is InChI=1S/C13H15N3O/c1-9-7-12(16-13(14-2)15-9)10-5-4-6-11(8-10)17-3/h4-8H,1-3H3,(H,14,15,16). The van der Waals surface area contributed by atoms with Crippen molar-refractivity contribution in [2.24, 2.45) is 0 Å². The van der Waals surface area contributed by atoms with Crippen molar-refractivity contribution in [3.63, 3.8) is 0 Å². The first-order chi connectivity index (χ1) is 8.22. The van der Waals surface area contributed by atoms with Crippen molar-refractivity contribution in [3.8, 4) is 17.0 Å². The van der Waals surface area contributed by atoms with E-state index < -0.39 is 0 Å². The molecule has 0 aliphatic rings. The molecule has 1 aromatic carbocycles. The molecule has 0 saturated heterocycles. The van der Waals surface area contributed by atoms with Gasteiger partial charge in [0.1, 0.15) is 5.75 Å². The number of hydrogen-bond donors (Lipinski definition) is 1. The highest BCUT2D eigenvalue weighted by Crippen LogP contribution is 2.23. The topological polar surface area (TPSA) is 47.0 Å². The first-order valence-electron chi connectivity index (χ1n) is 5.41. The second-order valence-corrected chi connectivity index (χ2v) is 3.70. The van der Waals surface area contributed by atoms with E-state index in [2.05, 4.69) is 15.3 Å². The van der Waals surface area contributed by atoms with Crippen LogP contribution in [0.25, 0.3) is 11.3 Å². The fourth-order valence-corrected chi connectivity index (χ4v) is 1.61. The van der Waals surface area contributed by atoms with Crippen molar-refractivity contribution in [3.05, 3.63) is 36.0 Å². The number of benzene rings is 1. The summed E-state index contributed by atoms with van der Waals surface area (Å²) in [7, 11) is 3.47. The van der Waals surface area contributed by atoms with Gasteiger partial charge < -0.3 is 10.1 Å². The Morgan fingerprint density at radius 3 is 2.71 bits per heavy atom. The van der Waals surface area contributed by atoms with E-state index >= 15 is 0 Å². The predicted molar refractivity (Wildman–Crippen MR) is 68.3 cm³/mol. The summed E-state index contributed by atoms with van der Waals surface area (Å²) in [4.78, 5) is 8.69. The molecule has 0 aliphatic heterocycles. The predicted octanol–water partition coefficient (Wildman–Crippen LogP) is 2.50. The molecule has 0 fully saturated rings. The summed E-state index contributed by atoms with van der Waals surface area (Å²) in [5, 5.41) is 2.95. The van der Waals surface area contributed by atoms with E-state index in [-0.39, 0.29) is 0 Å². The smallest absolute Gasteiger partial charge is 0.223 e. The van der Waals surface area contributed by atoms with Crippen molar-refractivity contribution in [1.82, 2.24) is 9.97 Å². The number of ether oxygens (including phenoxy) is 1. The summed E-state index contributed by atoms with van der Waals surface area (Å²) in [6, 6.07) is 9.78. The summed E-state index contributed by atoms with van der Waals surface area (Å²) in [5.74, 6) is 1.45. The molecule has 2 aromatic rings. The Bertz CT molecular complexity index is 526. The molecule has 88 valence electrons. The van der Waals surface area contributed by atoms with Gasteiger partial charge in [0.25, 0.3) is 0 Å². The van der Waals surface area contributed by atoms with Crippen LogP contribution in [0.15, 0.2) is 30.3 Å². The van der Waals surface area contributed by atoms with Gasteiger partial charge in [0.05, 0.1) is 12.8 Å². The first kappa shape index (κ1) is 11.4. The molecule has 0 bridgehead atoms. The van der Waals surface area contributed by atoms with Crippen molar-refractivity contribution in [1.29, 1.82) is 0 Å². The third kappa shape index (κ3) is 2.53. The number of hydrogen-bond acceptors (Lipinski definition) is 4. The van der Waals surface area contributed by atoms with E-state index in [0.29, 0.717) is 5.95 Å². The van der Waals surface area contributed by atoms with Crippen molar-refractivity contribution in [2.45, 2.75) is 6.92 Å². The van der Waals surface area contributed by atoms with Gasteiger partial charge in [0, 0.05) is 18.3 Å². The second-order valence-electron chi connectivity index (χ2n) is 3.70. The van der Waals surface area contributed by atoms with Crippen LogP contribution < -0.4 is 10.1 Å². The number of rotatable bonds is 3. The molecule has 0 radical (unpaired) electrons. The van der Waals surface area contributed by atoms with Crippen LogP contribution >= 0.6 is 0 Å². The molecule has 0 unspecified atom stereocenters. The summed E-state index contributed by atoms with van der Waals surface area (Å²) >= 11 is 0. The third-order valence-corrected chi connectivity index (χ3v) is 2.44. The minimum atomic E-state index is 0.628. The van der Waals surface area contributed by atoms with Crippen molar-refractivity contribution >= 4 is 5.95 Å². The molecular formula is C13H15N3O. The van der Waals surface area contributed by atoms with E-state index in [9.17, 15) is 0 Å². The van der Waals surface area contributed by atoms with Crippen LogP contribution in [0.1, 0.15) is 5.69 Å². The van der Waals surface area contributed by atoms with E-state index in [4.69, 9.17) is 4.74 Å². The Morgan fingerprint density at radius 2 is 2.00 bits per heavy atom. The molecular weight excluding hydrogens is 214 g/mol. The maximum atomic E-state index is 5.20. The van der Waals surface area contributed by atoms with Gasteiger partial charge in [-0.3, -0.25) is 0 Å². The molecule has 1 aromatic heterocycles. The summed E-state index contributed by atoms with van der Waals surface area (Å²) in [5.41, 5.74) is 2.84. The lowest BCUT2D eigenvalue weighted by atomic mass is 10.1. The van der Waals surface area contributed by atoms with Gasteiger partial charge in [-0.05, 0) is 25.1 Å². The lowest BCUT2D eigenvalue weighted by molar-refractivity contribution is 0.415. The Morgan fingerprint density at radius 1 is 1.18 bits per heavy atom. The molecule has 0 aliphatic carbocycles. The molecule has 0 atom stereocenters. The molecule has 2 rings (SSSR count). The lowest BCUT2D eigenvalue weighted by Crippen LogP contribution is -1.99. The fraction of sp³-hybridized carbons (Fsp3) is 0.231. The minimum Gasteiger partial charge on any atom is -0.497 e. The van der Waals surface area contributed by atoms with Crippen molar-refractivity contribution in [2.75, 3.05) is 19.5 Å². The van der Waals surface area contributed by atoms with Crippen LogP contribution in [-0.2, 0) is 0 Å². The Kier molecular flexibility index (Phi) is 3.23. The maximum absolute atomic E-state index is 5.20. The number of methoxy groups -OCH3 is 1. The summed E-state index contributed by atoms with van der Waals surface area (Å²) < 4.78 is 5.20. The van der Waals surface area contributed by atoms with E-state index in [0.717, 1.165) is 22.7 Å². The minimum absolute atomic E-state index is 0.628. The normalized spacial score (nSPS) is 10.1. The third-order valence-electron chi connectivity index (χ3n) is 2.44. The van der Waals surface area contributed by atoms with Gasteiger partial charge >= 0.3 is 0 Å². The van der Waals surface area contributed by atoms with E-state index in [1.165, 1.54) is 0 Å². The number of nitrogens with one attached hydrogen (secondary N) is 1. The molecule has 4 heteroatoms. The van der Waals surface area contributed by atoms with Crippen LogP contribution in [-0.4, -0.2) is 24.1 Å². The van der Waals surface area contributed by atoms with Crippen LogP contribution in [0.2, 0.25) is 0 Å². The molecule has 1 heterocycles. The number of anilines is 1. The lowest BCUT2D eigenvalue weighted by Gasteiger charge is -2.07. The number of aromatic nitrogens is 2. The number of nitrogens with zero attached hydrogens (tertiary/aromatic N) is 2. The Balaban J connectivity index is 2.47. The summed E-state index contributed by atoms with van der Waals surface area (Å²) in [6.07, 6.45) is 0. The van der Waals surface area contributed by atoms with Gasteiger partial charge in [-0.1, -0.05) is 12.1 Å². The molecule has 17 heavy (non-hydrogen) atoms. The zero-order valence-corrected chi connectivity index (χ0v) is 10.2. The van der Waals surface area contributed by atoms with E-state index in [1.54, 1.807) is 7.11 Å². The van der Waals surface area contributed by atoms with Crippen LogP contribution in [0, 0.1) is 6.92 Å². The summed E-state index contributed by atoms with van der Waals surface area (Å²) in [6.45, 7) is 1.95. The highest BCUT2D eigenvalue weighted by atomic mass is 16.5. The van der Waals surface area contributed by atoms with Crippen molar-refractivity contribution < 1.29 is 4.74 Å². The average molecular weight is 229 g/mol. The SMILES string of the molecule is CNc1nc(C)cc(-c2cccc(OC)c2)n1. The quantitative estimate of drug-likeness (QED) is 0.878. The zero-order chi connectivity index (χ0) is 12.3. The highest BCUT2D eigenvalue weighted by Gasteiger charge is 2.04. The molecule has 0 saturated carbocycles. The van der Waals surface area contributed by atoms with Gasteiger partial charge in [0.15, 0.2) is 0 Å². The van der Waals surface area contributed by atoms with Gasteiger partial charge in [0.2, 0.25) is 5.95 Å². The van der Waals surface area contributed by atoms with Crippen LogP contribution in [0.4, 0.5) is 5.95 Å². The molecule has 0 amide bonds. The van der Waals surface area contributed by atoms with E-state index in [1.807, 2.05) is 44.3 Å². The molecule has 0 spiro atoms. The maximum Gasteiger partial charge on any atom is 0.223 e. The van der Waals surface area contributed by atoms with Gasteiger partial charge in [-0.2, -0.15) is 0 Å². The zero-order valence-electron chi connectivity index (χ0n) is 10.2. The fourth-order valence-electron chi connectivity index (χ4n) is 1.61. The van der Waals surface area contributed by atoms with Gasteiger partial charge in [-0.25, -0.2) is 9.97 Å². The average Bonchev–Trinajstić information content (AvgIpc) is 2.38. The van der Waals surface area contributed by atoms with Crippen LogP contribution in [0.3, 0.4) is 0 Å². The van der Waals surface area contributed by atoms with Gasteiger partial charge in [-0.15, -0.1) is 0 Å². The highest BCUT2D eigenvalue weighted by molar-refractivity contribution is 5.62. The molecule has 4 nitrogen and oxygen atoms in total. The Hall–Kier alpha value is -2.10. The monoisotopic (exact) mass is 229 g/mol. The largest absolute Gasteiger partial charge is 0.497 e. The van der Waals surface area contributed by atoms with Crippen LogP contribution in [0.5, 0.6) is 5.75 Å². The molecule has 1 N–H and O–H groups in total. The number of aryl methyl sites for hydroxylation is 1. The Labute approximate surface area is 101 Å².